The largest absolute Gasteiger partial charge is 0.334 e. The smallest absolute Gasteiger partial charge is 0.303 e. The molecule has 0 saturated heterocycles. The number of fused-ring (bicyclic) bond motifs is 1. The zero-order valence-electron chi connectivity index (χ0n) is 9.17. The van der Waals surface area contributed by atoms with Crippen LogP contribution in [0.4, 0.5) is 0 Å². The van der Waals surface area contributed by atoms with E-state index in [0.717, 1.165) is 15.9 Å². The summed E-state index contributed by atoms with van der Waals surface area (Å²) in [7, 11) is 0. The van der Waals surface area contributed by atoms with Crippen molar-refractivity contribution in [1.82, 2.24) is 14.9 Å². The molecule has 0 spiro atoms. The Morgan fingerprint density at radius 3 is 3.00 bits per heavy atom. The average Bonchev–Trinajstić information content (AvgIpc) is 2.78. The normalized spacial score (nSPS) is 10.1. The summed E-state index contributed by atoms with van der Waals surface area (Å²) >= 11 is 1.41. The van der Waals surface area contributed by atoms with Gasteiger partial charge in [-0.15, -0.1) is 11.8 Å². The first-order chi connectivity index (χ1) is 8.26. The van der Waals surface area contributed by atoms with Gasteiger partial charge in [0, 0.05) is 0 Å². The average molecular weight is 246 g/mol. The molecule has 1 aromatic carbocycles. The number of hydrogen-bond acceptors (Lipinski definition) is 4. The lowest BCUT2D eigenvalue weighted by Gasteiger charge is -2.09. The monoisotopic (exact) mass is 246 g/mol. The second-order valence-electron chi connectivity index (χ2n) is 3.35. The molecular weight excluding hydrogens is 236 g/mol. The maximum absolute atomic E-state index is 11.9. The van der Waals surface area contributed by atoms with E-state index in [1.165, 1.54) is 11.8 Å². The molecule has 0 aliphatic heterocycles. The minimum atomic E-state index is -0.405. The number of hydrogen-bond donors (Lipinski definition) is 1. The van der Waals surface area contributed by atoms with Crippen molar-refractivity contribution in [2.45, 2.75) is 0 Å². The van der Waals surface area contributed by atoms with Gasteiger partial charge in [0.1, 0.15) is 0 Å². The van der Waals surface area contributed by atoms with Crippen molar-refractivity contribution >= 4 is 28.7 Å². The first-order valence-corrected chi connectivity index (χ1v) is 6.31. The van der Waals surface area contributed by atoms with Crippen molar-refractivity contribution in [3.8, 4) is 6.19 Å². The zero-order valence-corrected chi connectivity index (χ0v) is 9.99. The van der Waals surface area contributed by atoms with E-state index in [0.29, 0.717) is 5.88 Å². The summed E-state index contributed by atoms with van der Waals surface area (Å²) in [4.78, 5) is 20.1. The highest BCUT2D eigenvalue weighted by Crippen LogP contribution is 2.12. The molecule has 0 bridgehead atoms. The lowest BCUT2D eigenvalue weighted by molar-refractivity contribution is 0.0842. The minimum Gasteiger partial charge on any atom is -0.334 e. The molecule has 0 unspecified atom stereocenters. The SMILES string of the molecule is CSCN(C#N)C(=O)c1nc2ccccc2[nH]1. The van der Waals surface area contributed by atoms with Gasteiger partial charge in [0.05, 0.1) is 16.9 Å². The van der Waals surface area contributed by atoms with E-state index < -0.39 is 5.91 Å². The second-order valence-corrected chi connectivity index (χ2v) is 4.19. The number of H-pyrrole nitrogens is 1. The number of nitriles is 1. The van der Waals surface area contributed by atoms with Gasteiger partial charge in [0.25, 0.3) is 0 Å². The summed E-state index contributed by atoms with van der Waals surface area (Å²) in [6, 6.07) is 7.36. The van der Waals surface area contributed by atoms with Crippen LogP contribution in [0.25, 0.3) is 11.0 Å². The lowest BCUT2D eigenvalue weighted by atomic mass is 10.3. The molecule has 2 rings (SSSR count). The van der Waals surface area contributed by atoms with Crippen molar-refractivity contribution < 1.29 is 4.79 Å². The number of imidazole rings is 1. The van der Waals surface area contributed by atoms with Crippen LogP contribution < -0.4 is 0 Å². The highest BCUT2D eigenvalue weighted by atomic mass is 32.2. The Kier molecular flexibility index (Phi) is 3.30. The fourth-order valence-electron chi connectivity index (χ4n) is 1.44. The summed E-state index contributed by atoms with van der Waals surface area (Å²) in [6.07, 6.45) is 3.68. The first-order valence-electron chi connectivity index (χ1n) is 4.91. The molecule has 1 heterocycles. The van der Waals surface area contributed by atoms with Crippen LogP contribution >= 0.6 is 11.8 Å². The maximum atomic E-state index is 11.9. The summed E-state index contributed by atoms with van der Waals surface area (Å²) in [6.45, 7) is 0. The van der Waals surface area contributed by atoms with Crippen LogP contribution in [0.5, 0.6) is 0 Å². The van der Waals surface area contributed by atoms with Gasteiger partial charge >= 0.3 is 5.91 Å². The van der Waals surface area contributed by atoms with Gasteiger partial charge in [-0.2, -0.15) is 5.26 Å². The van der Waals surface area contributed by atoms with E-state index in [9.17, 15) is 4.79 Å². The number of nitrogens with zero attached hydrogens (tertiary/aromatic N) is 3. The summed E-state index contributed by atoms with van der Waals surface area (Å²) < 4.78 is 0. The van der Waals surface area contributed by atoms with Crippen LogP contribution in [0, 0.1) is 11.5 Å². The van der Waals surface area contributed by atoms with Crippen molar-refractivity contribution in [1.29, 1.82) is 5.26 Å². The molecule has 5 nitrogen and oxygen atoms in total. The Labute approximate surface area is 102 Å². The van der Waals surface area contributed by atoms with E-state index in [1.54, 1.807) is 0 Å². The molecule has 0 saturated carbocycles. The Morgan fingerprint density at radius 2 is 2.35 bits per heavy atom. The molecule has 2 aromatic rings. The number of thioether (sulfide) groups is 1. The Balaban J connectivity index is 2.33. The molecule has 0 aliphatic carbocycles. The molecule has 1 N–H and O–H groups in total. The summed E-state index contributed by atoms with van der Waals surface area (Å²) in [5.41, 5.74) is 1.51. The fourth-order valence-corrected chi connectivity index (χ4v) is 1.88. The topological polar surface area (TPSA) is 72.8 Å². The Bertz CT molecular complexity index is 553. The molecule has 1 aromatic heterocycles. The first kappa shape index (κ1) is 11.5. The molecule has 0 aliphatic rings. The quantitative estimate of drug-likeness (QED) is 0.509. The number of amides is 1. The van der Waals surface area contributed by atoms with Crippen LogP contribution in [-0.2, 0) is 0 Å². The highest BCUT2D eigenvalue weighted by molar-refractivity contribution is 7.98. The van der Waals surface area contributed by atoms with Gasteiger partial charge in [0.15, 0.2) is 12.0 Å². The standard InChI is InChI=1S/C11H10N4OS/c1-17-7-15(6-12)11(16)10-13-8-4-2-3-5-9(8)14-10/h2-5H,7H2,1H3,(H,13,14). The summed E-state index contributed by atoms with van der Waals surface area (Å²) in [5.74, 6) is 0.117. The van der Waals surface area contributed by atoms with E-state index in [-0.39, 0.29) is 5.82 Å². The number of carbonyl (C=O) groups is 1. The molecule has 6 heteroatoms. The number of rotatable bonds is 3. The van der Waals surface area contributed by atoms with Gasteiger partial charge in [-0.1, -0.05) is 12.1 Å². The van der Waals surface area contributed by atoms with E-state index in [4.69, 9.17) is 5.26 Å². The number of carbonyl (C=O) groups excluding carboxylic acids is 1. The van der Waals surface area contributed by atoms with Crippen molar-refractivity contribution in [3.05, 3.63) is 30.1 Å². The molecule has 0 radical (unpaired) electrons. The van der Waals surface area contributed by atoms with E-state index in [2.05, 4.69) is 9.97 Å². The van der Waals surface area contributed by atoms with Crippen molar-refractivity contribution in [2.75, 3.05) is 12.1 Å². The van der Waals surface area contributed by atoms with E-state index >= 15 is 0 Å². The van der Waals surface area contributed by atoms with Crippen LogP contribution in [0.15, 0.2) is 24.3 Å². The molecular formula is C11H10N4OS. The lowest BCUT2D eigenvalue weighted by Crippen LogP contribution is -2.26. The van der Waals surface area contributed by atoms with Gasteiger partial charge in [0.2, 0.25) is 0 Å². The van der Waals surface area contributed by atoms with Crippen molar-refractivity contribution in [2.24, 2.45) is 0 Å². The molecule has 0 fully saturated rings. The van der Waals surface area contributed by atoms with Crippen LogP contribution in [-0.4, -0.2) is 32.9 Å². The minimum absolute atomic E-state index is 0.196. The molecule has 86 valence electrons. The van der Waals surface area contributed by atoms with Gasteiger partial charge in [-0.3, -0.25) is 4.79 Å². The van der Waals surface area contributed by atoms with Gasteiger partial charge < -0.3 is 4.98 Å². The number of nitrogens with one attached hydrogen (secondary N) is 1. The summed E-state index contributed by atoms with van der Waals surface area (Å²) in [5, 5.41) is 8.86. The third-order valence-electron chi connectivity index (χ3n) is 2.22. The van der Waals surface area contributed by atoms with Crippen LogP contribution in [0.2, 0.25) is 0 Å². The predicted octanol–water partition coefficient (Wildman–Crippen LogP) is 1.81. The number of aromatic nitrogens is 2. The van der Waals surface area contributed by atoms with Gasteiger partial charge in [-0.25, -0.2) is 9.88 Å². The van der Waals surface area contributed by atoms with Crippen LogP contribution in [0.1, 0.15) is 10.6 Å². The fraction of sp³-hybridized carbons (Fsp3) is 0.182. The van der Waals surface area contributed by atoms with Gasteiger partial charge in [-0.05, 0) is 18.4 Å². The predicted molar refractivity (Wildman–Crippen MR) is 66.3 cm³/mol. The second kappa shape index (κ2) is 4.89. The molecule has 0 atom stereocenters. The van der Waals surface area contributed by atoms with Crippen molar-refractivity contribution in [3.63, 3.8) is 0 Å². The number of para-hydroxylation sites is 2. The van der Waals surface area contributed by atoms with E-state index in [1.807, 2.05) is 36.7 Å². The van der Waals surface area contributed by atoms with Crippen LogP contribution in [0.3, 0.4) is 0 Å². The third-order valence-corrected chi connectivity index (χ3v) is 2.73. The zero-order chi connectivity index (χ0) is 12.3. The number of benzene rings is 1. The maximum Gasteiger partial charge on any atom is 0.303 e. The molecule has 1 amide bonds. The highest BCUT2D eigenvalue weighted by Gasteiger charge is 2.18. The molecule has 17 heavy (non-hydrogen) atoms. The number of aromatic amines is 1. The Hall–Kier alpha value is -2.00. The Morgan fingerprint density at radius 1 is 1.59 bits per heavy atom. The third kappa shape index (κ3) is 2.24.